The van der Waals surface area contributed by atoms with Crippen LogP contribution in [0.3, 0.4) is 0 Å². The number of carbonyl (C=O) groups excluding carboxylic acids is 2. The van der Waals surface area contributed by atoms with Crippen molar-refractivity contribution in [2.45, 2.75) is 63.7 Å². The average Bonchev–Trinajstić information content (AvgIpc) is 3.57. The molecule has 1 aliphatic heterocycles. The molecule has 0 aromatic heterocycles. The zero-order valence-electron chi connectivity index (χ0n) is 16.3. The molecule has 0 spiro atoms. The molecule has 2 aliphatic carbocycles. The number of likely N-dealkylation sites (tertiary alicyclic amines) is 1. The van der Waals surface area contributed by atoms with Gasteiger partial charge in [0.1, 0.15) is 0 Å². The Labute approximate surface area is 162 Å². The van der Waals surface area contributed by atoms with Crippen LogP contribution in [0.5, 0.6) is 0 Å². The van der Waals surface area contributed by atoms with Gasteiger partial charge in [0.15, 0.2) is 0 Å². The van der Waals surface area contributed by atoms with E-state index in [9.17, 15) is 9.59 Å². The molecule has 2 saturated carbocycles. The van der Waals surface area contributed by atoms with Crippen molar-refractivity contribution in [3.05, 3.63) is 35.4 Å². The fourth-order valence-corrected chi connectivity index (χ4v) is 4.60. The Morgan fingerprint density at radius 2 is 1.67 bits per heavy atom. The second-order valence-corrected chi connectivity index (χ2v) is 8.74. The SMILES string of the molecule is O=C(NCC1CC1)[C@@H]1CCCN(C(=O)c2ccc(C3CCCCC3)cc2)C1. The lowest BCUT2D eigenvalue weighted by Gasteiger charge is -2.32. The van der Waals surface area contributed by atoms with Gasteiger partial charge < -0.3 is 10.2 Å². The molecule has 27 heavy (non-hydrogen) atoms. The first-order chi connectivity index (χ1) is 13.2. The van der Waals surface area contributed by atoms with Gasteiger partial charge >= 0.3 is 0 Å². The highest BCUT2D eigenvalue weighted by Gasteiger charge is 2.30. The molecule has 4 nitrogen and oxygen atoms in total. The van der Waals surface area contributed by atoms with Crippen molar-refractivity contribution in [2.75, 3.05) is 19.6 Å². The van der Waals surface area contributed by atoms with Crippen LogP contribution in [0.4, 0.5) is 0 Å². The van der Waals surface area contributed by atoms with Crippen LogP contribution in [0, 0.1) is 11.8 Å². The zero-order valence-corrected chi connectivity index (χ0v) is 16.3. The third-order valence-electron chi connectivity index (χ3n) is 6.58. The molecule has 4 heteroatoms. The summed E-state index contributed by atoms with van der Waals surface area (Å²) in [5.74, 6) is 1.51. The highest BCUT2D eigenvalue weighted by molar-refractivity contribution is 5.94. The molecule has 0 unspecified atom stereocenters. The van der Waals surface area contributed by atoms with Crippen molar-refractivity contribution in [3.63, 3.8) is 0 Å². The summed E-state index contributed by atoms with van der Waals surface area (Å²) >= 11 is 0. The van der Waals surface area contributed by atoms with Gasteiger partial charge in [-0.1, -0.05) is 31.4 Å². The molecule has 1 heterocycles. The maximum atomic E-state index is 12.9. The van der Waals surface area contributed by atoms with Crippen molar-refractivity contribution in [3.8, 4) is 0 Å². The van der Waals surface area contributed by atoms with Crippen molar-refractivity contribution in [2.24, 2.45) is 11.8 Å². The second-order valence-electron chi connectivity index (χ2n) is 8.74. The molecule has 4 rings (SSSR count). The summed E-state index contributed by atoms with van der Waals surface area (Å²) in [5.41, 5.74) is 2.14. The number of piperidine rings is 1. The van der Waals surface area contributed by atoms with Gasteiger partial charge in [0.2, 0.25) is 5.91 Å². The normalized spacial score (nSPS) is 23.9. The zero-order chi connectivity index (χ0) is 18.6. The molecule has 3 aliphatic rings. The Balaban J connectivity index is 1.34. The second kappa shape index (κ2) is 8.45. The van der Waals surface area contributed by atoms with E-state index in [0.29, 0.717) is 18.4 Å². The molecule has 1 aromatic carbocycles. The topological polar surface area (TPSA) is 49.4 Å². The summed E-state index contributed by atoms with van der Waals surface area (Å²) in [6.07, 6.45) is 10.8. The van der Waals surface area contributed by atoms with Crippen molar-refractivity contribution < 1.29 is 9.59 Å². The molecule has 0 bridgehead atoms. The van der Waals surface area contributed by atoms with E-state index in [1.165, 1.54) is 50.5 Å². The molecular formula is C23H32N2O2. The van der Waals surface area contributed by atoms with Crippen molar-refractivity contribution in [1.29, 1.82) is 0 Å². The minimum Gasteiger partial charge on any atom is -0.356 e. The van der Waals surface area contributed by atoms with Gasteiger partial charge in [-0.15, -0.1) is 0 Å². The van der Waals surface area contributed by atoms with Gasteiger partial charge in [-0.2, -0.15) is 0 Å². The van der Waals surface area contributed by atoms with E-state index in [2.05, 4.69) is 17.4 Å². The van der Waals surface area contributed by atoms with Crippen LogP contribution in [0.2, 0.25) is 0 Å². The van der Waals surface area contributed by atoms with Crippen LogP contribution in [0.15, 0.2) is 24.3 Å². The fraction of sp³-hybridized carbons (Fsp3) is 0.652. The number of nitrogens with zero attached hydrogens (tertiary/aromatic N) is 1. The molecule has 146 valence electrons. The van der Waals surface area contributed by atoms with E-state index in [4.69, 9.17) is 0 Å². The maximum absolute atomic E-state index is 12.9. The lowest BCUT2D eigenvalue weighted by Crippen LogP contribution is -2.45. The van der Waals surface area contributed by atoms with E-state index < -0.39 is 0 Å². The Hall–Kier alpha value is -1.84. The largest absolute Gasteiger partial charge is 0.356 e. The Morgan fingerprint density at radius 1 is 0.926 bits per heavy atom. The summed E-state index contributed by atoms with van der Waals surface area (Å²) in [6, 6.07) is 8.27. The van der Waals surface area contributed by atoms with Crippen molar-refractivity contribution >= 4 is 11.8 Å². The highest BCUT2D eigenvalue weighted by atomic mass is 16.2. The van der Waals surface area contributed by atoms with Gasteiger partial charge in [-0.05, 0) is 68.1 Å². The van der Waals surface area contributed by atoms with Crippen molar-refractivity contribution in [1.82, 2.24) is 10.2 Å². The summed E-state index contributed by atoms with van der Waals surface area (Å²) < 4.78 is 0. The number of benzene rings is 1. The number of nitrogens with one attached hydrogen (secondary N) is 1. The first-order valence-electron chi connectivity index (χ1n) is 10.9. The fourth-order valence-electron chi connectivity index (χ4n) is 4.60. The van der Waals surface area contributed by atoms with Gasteiger partial charge in [-0.25, -0.2) is 0 Å². The predicted octanol–water partition coefficient (Wildman–Crippen LogP) is 4.11. The van der Waals surface area contributed by atoms with Gasteiger partial charge in [-0.3, -0.25) is 9.59 Å². The molecule has 1 aromatic rings. The van der Waals surface area contributed by atoms with Gasteiger partial charge in [0.05, 0.1) is 5.92 Å². The molecule has 0 radical (unpaired) electrons. The minimum atomic E-state index is -0.0528. The number of hydrogen-bond acceptors (Lipinski definition) is 2. The molecule has 2 amide bonds. The van der Waals surface area contributed by atoms with E-state index in [0.717, 1.165) is 31.5 Å². The van der Waals surface area contributed by atoms with Crippen LogP contribution in [-0.4, -0.2) is 36.3 Å². The lowest BCUT2D eigenvalue weighted by molar-refractivity contribution is -0.126. The Bertz CT molecular complexity index is 659. The van der Waals surface area contributed by atoms with E-state index in [1.807, 2.05) is 17.0 Å². The number of hydrogen-bond donors (Lipinski definition) is 1. The van der Waals surface area contributed by atoms with Crippen LogP contribution in [-0.2, 0) is 4.79 Å². The quantitative estimate of drug-likeness (QED) is 0.850. The first kappa shape index (κ1) is 18.5. The Morgan fingerprint density at radius 3 is 2.37 bits per heavy atom. The third kappa shape index (κ3) is 4.72. The van der Waals surface area contributed by atoms with Crippen LogP contribution in [0.1, 0.15) is 79.6 Å². The van der Waals surface area contributed by atoms with Gasteiger partial charge in [0, 0.05) is 25.2 Å². The first-order valence-corrected chi connectivity index (χ1v) is 10.9. The minimum absolute atomic E-state index is 0.0528. The van der Waals surface area contributed by atoms with E-state index in [1.54, 1.807) is 0 Å². The molecule has 1 saturated heterocycles. The molecule has 1 atom stereocenters. The van der Waals surface area contributed by atoms with E-state index >= 15 is 0 Å². The smallest absolute Gasteiger partial charge is 0.253 e. The van der Waals surface area contributed by atoms with Gasteiger partial charge in [0.25, 0.3) is 5.91 Å². The summed E-state index contributed by atoms with van der Waals surface area (Å²) in [6.45, 7) is 2.13. The Kier molecular flexibility index (Phi) is 5.80. The lowest BCUT2D eigenvalue weighted by atomic mass is 9.84. The maximum Gasteiger partial charge on any atom is 0.253 e. The highest BCUT2D eigenvalue weighted by Crippen LogP contribution is 2.33. The third-order valence-corrected chi connectivity index (χ3v) is 6.58. The van der Waals surface area contributed by atoms with Crippen LogP contribution >= 0.6 is 0 Å². The number of rotatable bonds is 5. The number of carbonyl (C=O) groups is 2. The predicted molar refractivity (Wildman–Crippen MR) is 107 cm³/mol. The summed E-state index contributed by atoms with van der Waals surface area (Å²) in [5, 5.41) is 3.08. The molecule has 1 N–H and O–H groups in total. The summed E-state index contributed by atoms with van der Waals surface area (Å²) in [7, 11) is 0. The van der Waals surface area contributed by atoms with Crippen LogP contribution < -0.4 is 5.32 Å². The summed E-state index contributed by atoms with van der Waals surface area (Å²) in [4.78, 5) is 27.2. The van der Waals surface area contributed by atoms with Crippen LogP contribution in [0.25, 0.3) is 0 Å². The number of amides is 2. The standard InChI is InChI=1S/C23H32N2O2/c26-22(24-15-17-8-9-17)21-7-4-14-25(16-21)23(27)20-12-10-19(11-13-20)18-5-2-1-3-6-18/h10-13,17-18,21H,1-9,14-16H2,(H,24,26)/t21-/m1/s1. The monoisotopic (exact) mass is 368 g/mol. The average molecular weight is 369 g/mol. The van der Waals surface area contributed by atoms with E-state index in [-0.39, 0.29) is 17.7 Å². The molecular weight excluding hydrogens is 336 g/mol. The molecule has 3 fully saturated rings.